The Morgan fingerprint density at radius 3 is 2.64 bits per heavy atom. The van der Waals surface area contributed by atoms with Gasteiger partial charge >= 0.3 is 0 Å². The number of ether oxygens (including phenoxy) is 2. The third kappa shape index (κ3) is 7.32. The number of aliphatic hydroxyl groups is 1. The van der Waals surface area contributed by atoms with E-state index in [1.54, 1.807) is 0 Å². The number of carbonyl (C=O) groups excluding carboxylic acids is 1. The first-order valence-corrected chi connectivity index (χ1v) is 5.72. The largest absolute Gasteiger partial charge is 0.391 e. The Morgan fingerprint density at radius 1 is 1.43 bits per heavy atom. The van der Waals surface area contributed by atoms with Crippen molar-refractivity contribution < 1.29 is 19.4 Å². The van der Waals surface area contributed by atoms with Gasteiger partial charge in [-0.15, -0.1) is 0 Å². The van der Waals surface area contributed by atoms with Gasteiger partial charge in [-0.2, -0.15) is 0 Å². The SMILES string of the molecule is CCOC(CO)OCCSC(=O)CC. The molecule has 84 valence electrons. The summed E-state index contributed by atoms with van der Waals surface area (Å²) in [5, 5.41) is 8.95. The van der Waals surface area contributed by atoms with E-state index in [9.17, 15) is 4.79 Å². The first-order chi connectivity index (χ1) is 6.74. The minimum atomic E-state index is -0.558. The van der Waals surface area contributed by atoms with Crippen molar-refractivity contribution in [1.29, 1.82) is 0 Å². The van der Waals surface area contributed by atoms with Crippen LogP contribution < -0.4 is 0 Å². The Kier molecular flexibility index (Phi) is 9.39. The molecule has 0 aromatic heterocycles. The van der Waals surface area contributed by atoms with Crippen LogP contribution in [-0.2, 0) is 14.3 Å². The van der Waals surface area contributed by atoms with Gasteiger partial charge in [0.25, 0.3) is 0 Å². The summed E-state index contributed by atoms with van der Waals surface area (Å²) in [7, 11) is 0. The van der Waals surface area contributed by atoms with E-state index in [0.717, 1.165) is 0 Å². The van der Waals surface area contributed by atoms with Crippen LogP contribution in [0, 0.1) is 0 Å². The predicted octanol–water partition coefficient (Wildman–Crippen LogP) is 1.03. The molecule has 1 unspecified atom stereocenters. The summed E-state index contributed by atoms with van der Waals surface area (Å²) < 4.78 is 10.2. The van der Waals surface area contributed by atoms with Gasteiger partial charge < -0.3 is 14.6 Å². The molecule has 0 bridgehead atoms. The number of aliphatic hydroxyl groups excluding tert-OH is 1. The number of carbonyl (C=O) groups is 1. The fourth-order valence-electron chi connectivity index (χ4n) is 0.777. The van der Waals surface area contributed by atoms with Crippen LogP contribution in [0.1, 0.15) is 20.3 Å². The molecule has 0 aliphatic carbocycles. The van der Waals surface area contributed by atoms with E-state index in [1.807, 2.05) is 13.8 Å². The zero-order chi connectivity index (χ0) is 10.8. The quantitative estimate of drug-likeness (QED) is 0.491. The highest BCUT2D eigenvalue weighted by Gasteiger charge is 2.06. The van der Waals surface area contributed by atoms with Crippen LogP contribution in [0.4, 0.5) is 0 Å². The summed E-state index contributed by atoms with van der Waals surface area (Å²) in [5.74, 6) is 0.607. The van der Waals surface area contributed by atoms with Crippen molar-refractivity contribution in [3.05, 3.63) is 0 Å². The number of hydrogen-bond donors (Lipinski definition) is 1. The summed E-state index contributed by atoms with van der Waals surface area (Å²) in [5.41, 5.74) is 0. The van der Waals surface area contributed by atoms with Gasteiger partial charge in [-0.1, -0.05) is 18.7 Å². The van der Waals surface area contributed by atoms with Gasteiger partial charge in [0.15, 0.2) is 11.4 Å². The Balaban J connectivity index is 3.37. The Hall–Kier alpha value is -0.100. The third-order valence-corrected chi connectivity index (χ3v) is 2.42. The highest BCUT2D eigenvalue weighted by Crippen LogP contribution is 2.05. The highest BCUT2D eigenvalue weighted by molar-refractivity contribution is 8.13. The predicted molar refractivity (Wildman–Crippen MR) is 56.2 cm³/mol. The van der Waals surface area contributed by atoms with E-state index in [4.69, 9.17) is 14.6 Å². The van der Waals surface area contributed by atoms with Crippen molar-refractivity contribution in [2.75, 3.05) is 25.6 Å². The van der Waals surface area contributed by atoms with Crippen LogP contribution >= 0.6 is 11.8 Å². The first kappa shape index (κ1) is 13.9. The lowest BCUT2D eigenvalue weighted by Gasteiger charge is -2.14. The van der Waals surface area contributed by atoms with Crippen molar-refractivity contribution in [2.45, 2.75) is 26.6 Å². The molecule has 4 nitrogen and oxygen atoms in total. The van der Waals surface area contributed by atoms with E-state index in [1.165, 1.54) is 11.8 Å². The molecule has 0 aliphatic rings. The van der Waals surface area contributed by atoms with Crippen LogP contribution in [0.2, 0.25) is 0 Å². The molecule has 0 aromatic rings. The van der Waals surface area contributed by atoms with Crippen LogP contribution in [0.3, 0.4) is 0 Å². The topological polar surface area (TPSA) is 55.8 Å². The summed E-state index contributed by atoms with van der Waals surface area (Å²) in [4.78, 5) is 10.9. The molecule has 5 heteroatoms. The lowest BCUT2D eigenvalue weighted by molar-refractivity contribution is -0.156. The molecule has 0 amide bonds. The van der Waals surface area contributed by atoms with Crippen molar-refractivity contribution >= 4 is 16.9 Å². The lowest BCUT2D eigenvalue weighted by Crippen LogP contribution is -2.22. The third-order valence-electron chi connectivity index (χ3n) is 1.44. The van der Waals surface area contributed by atoms with Crippen molar-refractivity contribution in [3.63, 3.8) is 0 Å². The van der Waals surface area contributed by atoms with E-state index in [2.05, 4.69) is 0 Å². The summed E-state index contributed by atoms with van der Waals surface area (Å²) in [6, 6.07) is 0. The van der Waals surface area contributed by atoms with Crippen molar-refractivity contribution in [1.82, 2.24) is 0 Å². The Bertz CT molecular complexity index is 152. The minimum absolute atomic E-state index is 0.153. The molecule has 0 heterocycles. The molecule has 0 saturated heterocycles. The van der Waals surface area contributed by atoms with Crippen LogP contribution in [-0.4, -0.2) is 42.1 Å². The summed E-state index contributed by atoms with van der Waals surface area (Å²) in [6.07, 6.45) is -0.0168. The number of rotatable bonds is 8. The molecular formula is C9H18O4S. The van der Waals surface area contributed by atoms with Gasteiger partial charge in [-0.25, -0.2) is 0 Å². The monoisotopic (exact) mass is 222 g/mol. The van der Waals surface area contributed by atoms with Gasteiger partial charge in [0.1, 0.15) is 0 Å². The standard InChI is InChI=1S/C9H18O4S/c1-3-8(11)14-6-5-13-9(7-10)12-4-2/h9-10H,3-7H2,1-2H3. The average Bonchev–Trinajstić information content (AvgIpc) is 2.22. The second-order valence-electron chi connectivity index (χ2n) is 2.51. The molecule has 0 aliphatic heterocycles. The van der Waals surface area contributed by atoms with Crippen LogP contribution in [0.5, 0.6) is 0 Å². The first-order valence-electron chi connectivity index (χ1n) is 4.74. The fraction of sp³-hybridized carbons (Fsp3) is 0.889. The average molecular weight is 222 g/mol. The minimum Gasteiger partial charge on any atom is -0.391 e. The summed E-state index contributed by atoms with van der Waals surface area (Å²) >= 11 is 1.25. The Morgan fingerprint density at radius 2 is 2.14 bits per heavy atom. The van der Waals surface area contributed by atoms with Crippen LogP contribution in [0.25, 0.3) is 0 Å². The second kappa shape index (κ2) is 9.45. The molecule has 1 N–H and O–H groups in total. The molecule has 0 radical (unpaired) electrons. The van der Waals surface area contributed by atoms with Gasteiger partial charge in [-0.3, -0.25) is 4.79 Å². The van der Waals surface area contributed by atoms with E-state index in [-0.39, 0.29) is 11.7 Å². The number of thioether (sulfide) groups is 1. The van der Waals surface area contributed by atoms with E-state index >= 15 is 0 Å². The van der Waals surface area contributed by atoms with Crippen molar-refractivity contribution in [2.24, 2.45) is 0 Å². The van der Waals surface area contributed by atoms with Gasteiger partial charge in [0.2, 0.25) is 0 Å². The van der Waals surface area contributed by atoms with Gasteiger partial charge in [0.05, 0.1) is 13.2 Å². The molecule has 1 atom stereocenters. The normalized spacial score (nSPS) is 12.8. The van der Waals surface area contributed by atoms with E-state index < -0.39 is 6.29 Å². The number of hydrogen-bond acceptors (Lipinski definition) is 5. The zero-order valence-electron chi connectivity index (χ0n) is 8.69. The maximum Gasteiger partial charge on any atom is 0.188 e. The zero-order valence-corrected chi connectivity index (χ0v) is 9.51. The Labute approximate surface area is 89.0 Å². The fourth-order valence-corrected chi connectivity index (χ4v) is 1.39. The van der Waals surface area contributed by atoms with Gasteiger partial charge in [0, 0.05) is 18.8 Å². The highest BCUT2D eigenvalue weighted by atomic mass is 32.2. The molecular weight excluding hydrogens is 204 g/mol. The van der Waals surface area contributed by atoms with E-state index in [0.29, 0.717) is 25.4 Å². The lowest BCUT2D eigenvalue weighted by atomic mass is 10.6. The molecule has 0 fully saturated rings. The molecule has 0 rings (SSSR count). The van der Waals surface area contributed by atoms with Gasteiger partial charge in [-0.05, 0) is 6.92 Å². The summed E-state index contributed by atoms with van der Waals surface area (Å²) in [6.45, 7) is 4.43. The van der Waals surface area contributed by atoms with Crippen LogP contribution in [0.15, 0.2) is 0 Å². The maximum atomic E-state index is 10.9. The maximum absolute atomic E-state index is 10.9. The molecule has 0 saturated carbocycles. The molecule has 0 spiro atoms. The second-order valence-corrected chi connectivity index (χ2v) is 3.66. The molecule has 14 heavy (non-hydrogen) atoms. The smallest absolute Gasteiger partial charge is 0.188 e. The van der Waals surface area contributed by atoms with Crippen molar-refractivity contribution in [3.8, 4) is 0 Å². The molecule has 0 aromatic carbocycles.